The molecule has 7 nitrogen and oxygen atoms in total. The number of benzene rings is 2. The zero-order valence-corrected chi connectivity index (χ0v) is 17.4. The lowest BCUT2D eigenvalue weighted by molar-refractivity contribution is -0.125. The molecular weight excluding hydrogens is 394 g/mol. The van der Waals surface area contributed by atoms with Crippen LogP contribution in [-0.2, 0) is 22.6 Å². The van der Waals surface area contributed by atoms with Crippen molar-refractivity contribution in [3.8, 4) is 11.5 Å². The van der Waals surface area contributed by atoms with Crippen LogP contribution in [0.2, 0.25) is 0 Å². The van der Waals surface area contributed by atoms with Crippen LogP contribution in [-0.4, -0.2) is 35.1 Å². The van der Waals surface area contributed by atoms with Crippen molar-refractivity contribution >= 4 is 17.5 Å². The lowest BCUT2D eigenvalue weighted by Crippen LogP contribution is -2.50. The first kappa shape index (κ1) is 19.9. The molecular formula is C24H27N3O4. The summed E-state index contributed by atoms with van der Waals surface area (Å²) < 4.78 is 12.2. The minimum Gasteiger partial charge on any atom is -0.448 e. The number of anilines is 1. The summed E-state index contributed by atoms with van der Waals surface area (Å²) in [6.07, 6.45) is 5.68. The monoisotopic (exact) mass is 421 g/mol. The van der Waals surface area contributed by atoms with Gasteiger partial charge in [0.15, 0.2) is 11.5 Å². The highest BCUT2D eigenvalue weighted by atomic mass is 16.7. The second-order valence-corrected chi connectivity index (χ2v) is 8.68. The predicted molar refractivity (Wildman–Crippen MR) is 116 cm³/mol. The van der Waals surface area contributed by atoms with E-state index in [1.165, 1.54) is 6.42 Å². The molecule has 1 fully saturated rings. The Morgan fingerprint density at radius 1 is 1.03 bits per heavy atom. The van der Waals surface area contributed by atoms with E-state index >= 15 is 0 Å². The molecule has 1 spiro atoms. The largest absolute Gasteiger partial charge is 0.448 e. The second-order valence-electron chi connectivity index (χ2n) is 8.68. The third kappa shape index (κ3) is 3.97. The van der Waals surface area contributed by atoms with E-state index in [0.717, 1.165) is 42.6 Å². The zero-order chi connectivity index (χ0) is 21.4. The van der Waals surface area contributed by atoms with Crippen LogP contribution in [0.1, 0.15) is 43.2 Å². The van der Waals surface area contributed by atoms with Crippen LogP contribution in [0.3, 0.4) is 0 Å². The van der Waals surface area contributed by atoms with Gasteiger partial charge < -0.3 is 20.5 Å². The van der Waals surface area contributed by atoms with Gasteiger partial charge in [0.25, 0.3) is 5.79 Å². The number of fused-ring (bicyclic) bond motifs is 2. The Bertz CT molecular complexity index is 1020. The van der Waals surface area contributed by atoms with Crippen LogP contribution >= 0.6 is 0 Å². The van der Waals surface area contributed by atoms with Crippen LogP contribution in [0.15, 0.2) is 42.5 Å². The maximum Gasteiger partial charge on any atom is 0.251 e. The van der Waals surface area contributed by atoms with Gasteiger partial charge in [0, 0.05) is 31.1 Å². The van der Waals surface area contributed by atoms with Crippen LogP contribution < -0.4 is 20.5 Å². The van der Waals surface area contributed by atoms with Crippen LogP contribution in [0.25, 0.3) is 0 Å². The molecule has 162 valence electrons. The topological polar surface area (TPSA) is 93.9 Å². The second kappa shape index (κ2) is 7.89. The van der Waals surface area contributed by atoms with Gasteiger partial charge in [0.1, 0.15) is 0 Å². The Hall–Kier alpha value is -3.06. The van der Waals surface area contributed by atoms with Gasteiger partial charge in [0.2, 0.25) is 11.8 Å². The first-order chi connectivity index (χ1) is 15.0. The molecule has 5 rings (SSSR count). The highest BCUT2D eigenvalue weighted by Crippen LogP contribution is 2.46. The number of rotatable bonds is 4. The number of nitrogens with two attached hydrogens (primary N) is 1. The normalized spacial score (nSPS) is 21.5. The standard InChI is InChI=1S/C24H27N3O4/c25-23(29)19-12-16-6-2-3-7-17(16)14-27(19)15-22(28)26-18-8-9-20-21(13-18)31-24(30-20)10-4-1-5-11-24/h2-3,6-9,13,19H,1,4-5,10-12,14-15H2,(H2,25,29)(H,26,28)/t19-/m0/s1. The fraction of sp³-hybridized carbons (Fsp3) is 0.417. The van der Waals surface area contributed by atoms with Crippen LogP contribution in [0.5, 0.6) is 11.5 Å². The highest BCUT2D eigenvalue weighted by Gasteiger charge is 2.42. The number of nitrogens with zero attached hydrogens (tertiary/aromatic N) is 1. The number of hydrogen-bond acceptors (Lipinski definition) is 5. The van der Waals surface area contributed by atoms with Gasteiger partial charge in [-0.1, -0.05) is 30.7 Å². The van der Waals surface area contributed by atoms with E-state index < -0.39 is 17.7 Å². The van der Waals surface area contributed by atoms with E-state index in [4.69, 9.17) is 15.2 Å². The Morgan fingerprint density at radius 2 is 1.77 bits per heavy atom. The number of ether oxygens (including phenoxy) is 2. The number of primary amides is 1. The number of carbonyl (C=O) groups is 2. The summed E-state index contributed by atoms with van der Waals surface area (Å²) in [6, 6.07) is 12.9. The zero-order valence-electron chi connectivity index (χ0n) is 17.4. The fourth-order valence-corrected chi connectivity index (χ4v) is 4.87. The molecule has 0 saturated heterocycles. The molecule has 2 aromatic rings. The van der Waals surface area contributed by atoms with Crippen molar-refractivity contribution in [2.75, 3.05) is 11.9 Å². The summed E-state index contributed by atoms with van der Waals surface area (Å²) in [4.78, 5) is 26.6. The maximum atomic E-state index is 12.8. The van der Waals surface area contributed by atoms with Crippen molar-refractivity contribution in [3.63, 3.8) is 0 Å². The minimum atomic E-state index is -0.543. The summed E-state index contributed by atoms with van der Waals surface area (Å²) in [6.45, 7) is 0.598. The van der Waals surface area contributed by atoms with Crippen molar-refractivity contribution in [1.82, 2.24) is 4.90 Å². The SMILES string of the molecule is NC(=O)[C@@H]1Cc2ccccc2CN1CC(=O)Nc1ccc2c(c1)OC1(CCCCC1)O2. The Labute approximate surface area is 181 Å². The lowest BCUT2D eigenvalue weighted by Gasteiger charge is -2.34. The molecule has 0 aromatic heterocycles. The van der Waals surface area contributed by atoms with Crippen molar-refractivity contribution in [3.05, 3.63) is 53.6 Å². The number of nitrogens with one attached hydrogen (secondary N) is 1. The number of amides is 2. The molecule has 1 saturated carbocycles. The Morgan fingerprint density at radius 3 is 2.55 bits per heavy atom. The van der Waals surface area contributed by atoms with Crippen molar-refractivity contribution in [2.24, 2.45) is 5.73 Å². The predicted octanol–water partition coefficient (Wildman–Crippen LogP) is 2.97. The summed E-state index contributed by atoms with van der Waals surface area (Å²) >= 11 is 0. The van der Waals surface area contributed by atoms with E-state index in [-0.39, 0.29) is 12.5 Å². The molecule has 0 unspecified atom stereocenters. The molecule has 1 atom stereocenters. The van der Waals surface area contributed by atoms with Gasteiger partial charge in [-0.05, 0) is 42.5 Å². The first-order valence-corrected chi connectivity index (χ1v) is 10.9. The minimum absolute atomic E-state index is 0.0837. The molecule has 0 radical (unpaired) electrons. The average molecular weight is 421 g/mol. The van der Waals surface area contributed by atoms with Gasteiger partial charge in [-0.2, -0.15) is 0 Å². The van der Waals surface area contributed by atoms with E-state index in [2.05, 4.69) is 5.32 Å². The van der Waals surface area contributed by atoms with Crippen LogP contribution in [0, 0.1) is 0 Å². The van der Waals surface area contributed by atoms with E-state index in [9.17, 15) is 9.59 Å². The van der Waals surface area contributed by atoms with Crippen LogP contribution in [0.4, 0.5) is 5.69 Å². The van der Waals surface area contributed by atoms with Gasteiger partial charge in [-0.3, -0.25) is 14.5 Å². The molecule has 2 amide bonds. The third-order valence-corrected chi connectivity index (χ3v) is 6.46. The van der Waals surface area contributed by atoms with Gasteiger partial charge in [-0.15, -0.1) is 0 Å². The number of hydrogen-bond donors (Lipinski definition) is 2. The van der Waals surface area contributed by atoms with Crippen molar-refractivity contribution in [1.29, 1.82) is 0 Å². The highest BCUT2D eigenvalue weighted by molar-refractivity contribution is 5.93. The van der Waals surface area contributed by atoms with E-state index in [0.29, 0.717) is 24.4 Å². The van der Waals surface area contributed by atoms with Crippen molar-refractivity contribution < 1.29 is 19.1 Å². The Balaban J connectivity index is 1.26. The molecule has 2 aromatic carbocycles. The average Bonchev–Trinajstić information content (AvgIpc) is 3.10. The Kier molecular flexibility index (Phi) is 5.06. The molecule has 1 aliphatic carbocycles. The quantitative estimate of drug-likeness (QED) is 0.792. The molecule has 2 heterocycles. The van der Waals surface area contributed by atoms with Crippen molar-refractivity contribution in [2.45, 2.75) is 56.9 Å². The van der Waals surface area contributed by atoms with Gasteiger partial charge in [-0.25, -0.2) is 0 Å². The van der Waals surface area contributed by atoms with E-state index in [1.54, 1.807) is 0 Å². The molecule has 31 heavy (non-hydrogen) atoms. The molecule has 3 aliphatic rings. The molecule has 3 N–H and O–H groups in total. The smallest absolute Gasteiger partial charge is 0.251 e. The number of carbonyl (C=O) groups excluding carboxylic acids is 2. The summed E-state index contributed by atoms with van der Waals surface area (Å²) in [5.41, 5.74) is 8.50. The van der Waals surface area contributed by atoms with Gasteiger partial charge in [0.05, 0.1) is 12.6 Å². The van der Waals surface area contributed by atoms with E-state index in [1.807, 2.05) is 47.4 Å². The summed E-state index contributed by atoms with van der Waals surface area (Å²) in [7, 11) is 0. The third-order valence-electron chi connectivity index (χ3n) is 6.46. The lowest BCUT2D eigenvalue weighted by atomic mass is 9.93. The molecule has 0 bridgehead atoms. The van der Waals surface area contributed by atoms with Gasteiger partial charge >= 0.3 is 0 Å². The summed E-state index contributed by atoms with van der Waals surface area (Å²) in [5.74, 6) is 0.238. The summed E-state index contributed by atoms with van der Waals surface area (Å²) in [5, 5.41) is 2.93. The fourth-order valence-electron chi connectivity index (χ4n) is 4.87. The first-order valence-electron chi connectivity index (χ1n) is 10.9. The molecule has 2 aliphatic heterocycles. The molecule has 7 heteroatoms. The maximum absolute atomic E-state index is 12.8.